The predicted molar refractivity (Wildman–Crippen MR) is 230 cm³/mol. The highest BCUT2D eigenvalue weighted by Crippen LogP contribution is 2.43. The first-order chi connectivity index (χ1) is 27.6. The topological polar surface area (TPSA) is 169 Å². The van der Waals surface area contributed by atoms with Crippen molar-refractivity contribution >= 4 is 25.7 Å². The van der Waals surface area contributed by atoms with Crippen molar-refractivity contribution in [2.75, 3.05) is 19.8 Å². The fraction of sp³-hybridized carbons (Fsp3) is 0.578. The van der Waals surface area contributed by atoms with E-state index in [-0.39, 0.29) is 12.8 Å². The van der Waals surface area contributed by atoms with Gasteiger partial charge in [-0.15, -0.1) is 0 Å². The number of aliphatic hydroxyl groups excluding tert-OH is 1. The fourth-order valence-electron chi connectivity index (χ4n) is 4.89. The van der Waals surface area contributed by atoms with Crippen molar-refractivity contribution in [1.82, 2.24) is 5.32 Å². The van der Waals surface area contributed by atoms with Crippen LogP contribution in [0.4, 0.5) is 0 Å². The number of carbonyl (C=O) groups excluding carboxylic acids is 2. The molecule has 0 aromatic heterocycles. The van der Waals surface area contributed by atoms with Crippen LogP contribution >= 0.6 is 7.82 Å². The number of rotatable bonds is 37. The molecule has 0 aliphatic rings. The SMILES string of the molecule is CC/C=C\C/C=C\C/C=C\C/C=C\C/C=C\C/C=C\C/C=C\CCCC(=O)NC(COP(=O)(O)OCC(O)COC(=O)CCCCCCC/C=C\CCC)C(=O)O. The molecule has 0 saturated heterocycles. The standard InChI is InChI=1S/C45H72NO10P/c1-3-5-7-9-11-13-15-16-17-18-19-20-21-22-23-24-25-26-27-28-30-32-34-36-43(48)46-42(45(50)51)40-56-57(52,53)55-39-41(47)38-54-44(49)37-35-33-31-29-14-12-10-8-6-4-2/h5,7-8,10-11,13,16-17,19-20,22-23,25-26,28,30,41-42,47H,3-4,6,9,12,14-15,18,21,24,27,29,31-40H2,1-2H3,(H,46,48)(H,50,51)(H,52,53)/b7-5-,10-8-,13-11-,17-16-,20-19-,23-22-,26-25-,30-28-. The highest BCUT2D eigenvalue weighted by molar-refractivity contribution is 7.47. The molecule has 0 aliphatic heterocycles. The lowest BCUT2D eigenvalue weighted by molar-refractivity contribution is -0.147. The molecule has 3 atom stereocenters. The second kappa shape index (κ2) is 39.2. The number of aliphatic hydroxyl groups is 1. The second-order valence-electron chi connectivity index (χ2n) is 13.4. The van der Waals surface area contributed by atoms with Crippen molar-refractivity contribution in [2.45, 2.75) is 148 Å². The van der Waals surface area contributed by atoms with Crippen molar-refractivity contribution in [3.63, 3.8) is 0 Å². The van der Waals surface area contributed by atoms with Crippen molar-refractivity contribution in [1.29, 1.82) is 0 Å². The monoisotopic (exact) mass is 817 g/mol. The molecule has 0 bridgehead atoms. The van der Waals surface area contributed by atoms with E-state index in [2.05, 4.69) is 104 Å². The van der Waals surface area contributed by atoms with Crippen LogP contribution in [-0.2, 0) is 32.7 Å². The number of amides is 1. The number of carbonyl (C=O) groups is 3. The lowest BCUT2D eigenvalue weighted by Crippen LogP contribution is -2.43. The minimum atomic E-state index is -4.78. The van der Waals surface area contributed by atoms with Crippen LogP contribution in [0.25, 0.3) is 0 Å². The molecular formula is C45H72NO10P. The smallest absolute Gasteiger partial charge is 0.472 e. The summed E-state index contributed by atoms with van der Waals surface area (Å²) >= 11 is 0. The van der Waals surface area contributed by atoms with Crippen LogP contribution in [0.3, 0.4) is 0 Å². The van der Waals surface area contributed by atoms with Crippen LogP contribution in [0.1, 0.15) is 136 Å². The molecular weight excluding hydrogens is 745 g/mol. The number of aliphatic carboxylic acids is 1. The van der Waals surface area contributed by atoms with Crippen LogP contribution in [0.15, 0.2) is 97.2 Å². The van der Waals surface area contributed by atoms with E-state index >= 15 is 0 Å². The van der Waals surface area contributed by atoms with E-state index in [1.165, 1.54) is 0 Å². The Morgan fingerprint density at radius 1 is 0.579 bits per heavy atom. The minimum Gasteiger partial charge on any atom is -0.480 e. The number of hydrogen-bond donors (Lipinski definition) is 4. The van der Waals surface area contributed by atoms with Crippen molar-refractivity contribution in [3.8, 4) is 0 Å². The number of carboxylic acids is 1. The molecule has 1 amide bonds. The van der Waals surface area contributed by atoms with Gasteiger partial charge >= 0.3 is 19.8 Å². The summed E-state index contributed by atoms with van der Waals surface area (Å²) in [5.41, 5.74) is 0. The van der Waals surface area contributed by atoms with Gasteiger partial charge in [0.2, 0.25) is 5.91 Å². The number of nitrogens with one attached hydrogen (secondary N) is 1. The van der Waals surface area contributed by atoms with Crippen molar-refractivity contribution in [2.24, 2.45) is 0 Å². The third-order valence-corrected chi connectivity index (χ3v) is 9.04. The molecule has 322 valence electrons. The summed E-state index contributed by atoms with van der Waals surface area (Å²) in [6.07, 6.45) is 48.8. The zero-order valence-electron chi connectivity index (χ0n) is 34.6. The molecule has 0 heterocycles. The number of carboxylic acid groups (broad SMARTS) is 1. The maximum atomic E-state index is 12.3. The molecule has 0 aromatic carbocycles. The van der Waals surface area contributed by atoms with Gasteiger partial charge in [-0.05, 0) is 83.5 Å². The quantitative estimate of drug-likeness (QED) is 0.0205. The molecule has 0 rings (SSSR count). The average molecular weight is 818 g/mol. The largest absolute Gasteiger partial charge is 0.480 e. The van der Waals surface area contributed by atoms with Crippen LogP contribution in [0.5, 0.6) is 0 Å². The number of phosphoric acid groups is 1. The summed E-state index contributed by atoms with van der Waals surface area (Å²) in [4.78, 5) is 45.7. The number of esters is 1. The molecule has 0 aromatic rings. The van der Waals surface area contributed by atoms with Crippen LogP contribution in [0, 0.1) is 0 Å². The summed E-state index contributed by atoms with van der Waals surface area (Å²) in [7, 11) is -4.78. The number of ether oxygens (including phenoxy) is 1. The molecule has 0 radical (unpaired) electrons. The Kier molecular flexibility index (Phi) is 36.8. The van der Waals surface area contributed by atoms with E-state index in [0.29, 0.717) is 19.3 Å². The predicted octanol–water partition coefficient (Wildman–Crippen LogP) is 10.5. The van der Waals surface area contributed by atoms with Gasteiger partial charge < -0.3 is 25.2 Å². The van der Waals surface area contributed by atoms with E-state index < -0.39 is 57.6 Å². The molecule has 4 N–H and O–H groups in total. The Morgan fingerprint density at radius 2 is 1.04 bits per heavy atom. The van der Waals surface area contributed by atoms with E-state index in [9.17, 15) is 34.1 Å². The highest BCUT2D eigenvalue weighted by Gasteiger charge is 2.28. The van der Waals surface area contributed by atoms with Gasteiger partial charge in [0.25, 0.3) is 0 Å². The molecule has 3 unspecified atom stereocenters. The first-order valence-corrected chi connectivity index (χ1v) is 22.3. The lowest BCUT2D eigenvalue weighted by atomic mass is 10.1. The van der Waals surface area contributed by atoms with Gasteiger partial charge in [-0.1, -0.05) is 137 Å². The Hall–Kier alpha value is -3.60. The van der Waals surface area contributed by atoms with Gasteiger partial charge in [0.05, 0.1) is 13.2 Å². The normalized spacial score (nSPS) is 14.7. The van der Waals surface area contributed by atoms with Crippen molar-refractivity contribution < 1.29 is 47.8 Å². The van der Waals surface area contributed by atoms with E-state index in [1.54, 1.807) is 0 Å². The number of phosphoric ester groups is 1. The summed E-state index contributed by atoms with van der Waals surface area (Å²) < 4.78 is 26.7. The summed E-state index contributed by atoms with van der Waals surface area (Å²) in [6, 6.07) is -1.58. The van der Waals surface area contributed by atoms with E-state index in [0.717, 1.165) is 89.9 Å². The van der Waals surface area contributed by atoms with Crippen LogP contribution in [0.2, 0.25) is 0 Å². The van der Waals surface area contributed by atoms with Crippen LogP contribution < -0.4 is 5.32 Å². The molecule has 57 heavy (non-hydrogen) atoms. The van der Waals surface area contributed by atoms with Gasteiger partial charge in [-0.2, -0.15) is 0 Å². The van der Waals surface area contributed by atoms with Gasteiger partial charge in [0, 0.05) is 12.8 Å². The average Bonchev–Trinajstić information content (AvgIpc) is 3.18. The Bertz CT molecular complexity index is 1330. The Morgan fingerprint density at radius 3 is 1.58 bits per heavy atom. The summed E-state index contributed by atoms with van der Waals surface area (Å²) in [5, 5.41) is 21.7. The van der Waals surface area contributed by atoms with Crippen LogP contribution in [-0.4, -0.2) is 64.9 Å². The first kappa shape index (κ1) is 53.4. The minimum absolute atomic E-state index is 0.0588. The zero-order chi connectivity index (χ0) is 42.1. The van der Waals surface area contributed by atoms with Gasteiger partial charge in [0.15, 0.2) is 6.04 Å². The maximum absolute atomic E-state index is 12.3. The molecule has 12 heteroatoms. The number of hydrogen-bond acceptors (Lipinski definition) is 8. The zero-order valence-corrected chi connectivity index (χ0v) is 35.5. The van der Waals surface area contributed by atoms with Crippen molar-refractivity contribution in [3.05, 3.63) is 97.2 Å². The van der Waals surface area contributed by atoms with Gasteiger partial charge in [-0.3, -0.25) is 18.6 Å². The molecule has 0 saturated carbocycles. The highest BCUT2D eigenvalue weighted by atomic mass is 31.2. The molecule has 0 fully saturated rings. The maximum Gasteiger partial charge on any atom is 0.472 e. The van der Waals surface area contributed by atoms with E-state index in [1.807, 2.05) is 12.2 Å². The second-order valence-corrected chi connectivity index (χ2v) is 14.9. The third-order valence-electron chi connectivity index (χ3n) is 8.09. The Labute approximate surface area is 343 Å². The third kappa shape index (κ3) is 39.0. The molecule has 0 aliphatic carbocycles. The Balaban J connectivity index is 4.07. The van der Waals surface area contributed by atoms with Gasteiger partial charge in [-0.25, -0.2) is 9.36 Å². The van der Waals surface area contributed by atoms with E-state index in [4.69, 9.17) is 13.8 Å². The number of allylic oxidation sites excluding steroid dienone is 16. The lowest BCUT2D eigenvalue weighted by Gasteiger charge is -2.18. The fourth-order valence-corrected chi connectivity index (χ4v) is 5.66. The molecule has 0 spiro atoms. The van der Waals surface area contributed by atoms with Gasteiger partial charge in [0.1, 0.15) is 12.7 Å². The number of unbranched alkanes of at least 4 members (excludes halogenated alkanes) is 7. The summed E-state index contributed by atoms with van der Waals surface area (Å²) in [6.45, 7) is 2.33. The first-order valence-electron chi connectivity index (χ1n) is 20.8. The summed E-state index contributed by atoms with van der Waals surface area (Å²) in [5.74, 6) is -2.49. The molecule has 11 nitrogen and oxygen atoms in total.